The second-order valence-electron chi connectivity index (χ2n) is 5.24. The van der Waals surface area contributed by atoms with Gasteiger partial charge in [0.05, 0.1) is 14.2 Å². The molecule has 130 valence electrons. The van der Waals surface area contributed by atoms with Gasteiger partial charge in [-0.2, -0.15) is 0 Å². The second-order valence-corrected chi connectivity index (χ2v) is 5.24. The molecule has 0 amide bonds. The van der Waals surface area contributed by atoms with Gasteiger partial charge in [-0.1, -0.05) is 6.07 Å². The summed E-state index contributed by atoms with van der Waals surface area (Å²) in [5.41, 5.74) is 1.01. The molecule has 1 unspecified atom stereocenters. The van der Waals surface area contributed by atoms with Crippen LogP contribution in [-0.2, 0) is 6.54 Å². The van der Waals surface area contributed by atoms with E-state index in [1.54, 1.807) is 14.2 Å². The summed E-state index contributed by atoms with van der Waals surface area (Å²) in [5.74, 6) is 1.54. The van der Waals surface area contributed by atoms with Gasteiger partial charge in [0.1, 0.15) is 24.3 Å². The SMILES string of the molecule is COc1ccc(CNCC(O)COc2ccc(F)cc2)cc1OC. The zero-order valence-electron chi connectivity index (χ0n) is 13.8. The zero-order valence-corrected chi connectivity index (χ0v) is 13.8. The van der Waals surface area contributed by atoms with Crippen molar-refractivity contribution < 1.29 is 23.7 Å². The lowest BCUT2D eigenvalue weighted by molar-refractivity contribution is 0.106. The molecule has 0 spiro atoms. The first kappa shape index (κ1) is 18.0. The summed E-state index contributed by atoms with van der Waals surface area (Å²) < 4.78 is 28.6. The highest BCUT2D eigenvalue weighted by molar-refractivity contribution is 5.42. The van der Waals surface area contributed by atoms with Gasteiger partial charge in [0, 0.05) is 13.1 Å². The molecule has 2 aromatic carbocycles. The van der Waals surface area contributed by atoms with Crippen LogP contribution in [0.5, 0.6) is 17.2 Å². The number of methoxy groups -OCH3 is 2. The predicted octanol–water partition coefficient (Wildman–Crippen LogP) is 2.37. The summed E-state index contributed by atoms with van der Waals surface area (Å²) in [5, 5.41) is 13.1. The minimum absolute atomic E-state index is 0.130. The highest BCUT2D eigenvalue weighted by atomic mass is 19.1. The molecule has 6 heteroatoms. The molecule has 24 heavy (non-hydrogen) atoms. The summed E-state index contributed by atoms with van der Waals surface area (Å²) in [6, 6.07) is 11.3. The van der Waals surface area contributed by atoms with Crippen LogP contribution >= 0.6 is 0 Å². The summed E-state index contributed by atoms with van der Waals surface area (Å²) in [6.07, 6.45) is -0.671. The normalized spacial score (nSPS) is 11.8. The number of ether oxygens (including phenoxy) is 3. The van der Waals surface area contributed by atoms with Crippen LogP contribution in [0.3, 0.4) is 0 Å². The Morgan fingerprint density at radius 3 is 2.42 bits per heavy atom. The number of hydrogen-bond acceptors (Lipinski definition) is 5. The third kappa shape index (κ3) is 5.40. The number of benzene rings is 2. The fourth-order valence-electron chi connectivity index (χ4n) is 2.16. The number of halogens is 1. The van der Waals surface area contributed by atoms with Crippen LogP contribution in [0.2, 0.25) is 0 Å². The van der Waals surface area contributed by atoms with Gasteiger partial charge in [0.15, 0.2) is 11.5 Å². The highest BCUT2D eigenvalue weighted by Gasteiger charge is 2.07. The van der Waals surface area contributed by atoms with Gasteiger partial charge in [-0.05, 0) is 42.0 Å². The molecule has 0 radical (unpaired) electrons. The molecule has 0 aliphatic heterocycles. The Labute approximate surface area is 141 Å². The van der Waals surface area contributed by atoms with Crippen LogP contribution in [0.4, 0.5) is 4.39 Å². The van der Waals surface area contributed by atoms with Crippen LogP contribution in [0.25, 0.3) is 0 Å². The molecular formula is C18H22FNO4. The monoisotopic (exact) mass is 335 g/mol. The van der Waals surface area contributed by atoms with Crippen LogP contribution in [0.1, 0.15) is 5.56 Å². The standard InChI is InChI=1S/C18H22FNO4/c1-22-17-8-3-13(9-18(17)23-2)10-20-11-15(21)12-24-16-6-4-14(19)5-7-16/h3-9,15,20-21H,10-12H2,1-2H3. The number of hydrogen-bond donors (Lipinski definition) is 2. The third-order valence-corrected chi connectivity index (χ3v) is 3.41. The van der Waals surface area contributed by atoms with E-state index < -0.39 is 6.10 Å². The molecule has 5 nitrogen and oxygen atoms in total. The van der Waals surface area contributed by atoms with Crippen molar-refractivity contribution in [3.63, 3.8) is 0 Å². The summed E-state index contributed by atoms with van der Waals surface area (Å²) >= 11 is 0. The molecule has 0 aromatic heterocycles. The van der Waals surface area contributed by atoms with Gasteiger partial charge in [0.2, 0.25) is 0 Å². The van der Waals surface area contributed by atoms with E-state index in [0.29, 0.717) is 30.3 Å². The van der Waals surface area contributed by atoms with Crippen LogP contribution in [-0.4, -0.2) is 38.6 Å². The molecule has 1 atom stereocenters. The van der Waals surface area contributed by atoms with Gasteiger partial charge in [-0.3, -0.25) is 0 Å². The molecule has 2 N–H and O–H groups in total. The maximum absolute atomic E-state index is 12.8. The molecule has 0 bridgehead atoms. The first-order valence-corrected chi connectivity index (χ1v) is 7.60. The molecule has 0 fully saturated rings. The Kier molecular flexibility index (Phi) is 6.84. The van der Waals surface area contributed by atoms with E-state index in [1.165, 1.54) is 24.3 Å². The summed E-state index contributed by atoms with van der Waals surface area (Å²) in [6.45, 7) is 1.08. The molecule has 0 aliphatic rings. The number of aliphatic hydroxyl groups is 1. The Morgan fingerprint density at radius 2 is 1.75 bits per heavy atom. The quantitative estimate of drug-likeness (QED) is 0.737. The topological polar surface area (TPSA) is 60.0 Å². The van der Waals surface area contributed by atoms with Crippen LogP contribution in [0, 0.1) is 5.82 Å². The van der Waals surface area contributed by atoms with Crippen molar-refractivity contribution in [2.24, 2.45) is 0 Å². The largest absolute Gasteiger partial charge is 0.493 e. The summed E-state index contributed by atoms with van der Waals surface area (Å²) in [7, 11) is 3.18. The minimum atomic E-state index is -0.671. The lowest BCUT2D eigenvalue weighted by Crippen LogP contribution is -2.31. The van der Waals surface area contributed by atoms with E-state index in [0.717, 1.165) is 5.56 Å². The van der Waals surface area contributed by atoms with Gasteiger partial charge in [-0.15, -0.1) is 0 Å². The second kappa shape index (κ2) is 9.10. The van der Waals surface area contributed by atoms with Crippen LogP contribution in [0.15, 0.2) is 42.5 Å². The molecular weight excluding hydrogens is 313 g/mol. The fourth-order valence-corrected chi connectivity index (χ4v) is 2.16. The fraction of sp³-hybridized carbons (Fsp3) is 0.333. The van der Waals surface area contributed by atoms with E-state index in [4.69, 9.17) is 14.2 Å². The van der Waals surface area contributed by atoms with Crippen molar-refractivity contribution in [3.8, 4) is 17.2 Å². The van der Waals surface area contributed by atoms with Crippen LogP contribution < -0.4 is 19.5 Å². The molecule has 2 aromatic rings. The van der Waals surface area contributed by atoms with E-state index >= 15 is 0 Å². The highest BCUT2D eigenvalue weighted by Crippen LogP contribution is 2.27. The Balaban J connectivity index is 1.74. The molecule has 0 saturated heterocycles. The molecule has 0 saturated carbocycles. The van der Waals surface area contributed by atoms with Crippen molar-refractivity contribution in [1.29, 1.82) is 0 Å². The predicted molar refractivity (Wildman–Crippen MR) is 89.2 cm³/mol. The average Bonchev–Trinajstić information content (AvgIpc) is 2.61. The lowest BCUT2D eigenvalue weighted by Gasteiger charge is -2.14. The van der Waals surface area contributed by atoms with Gasteiger partial charge in [0.25, 0.3) is 0 Å². The van der Waals surface area contributed by atoms with Crippen molar-refractivity contribution in [1.82, 2.24) is 5.32 Å². The van der Waals surface area contributed by atoms with E-state index in [-0.39, 0.29) is 12.4 Å². The van der Waals surface area contributed by atoms with Crippen molar-refractivity contribution in [2.75, 3.05) is 27.4 Å². The van der Waals surface area contributed by atoms with E-state index in [1.807, 2.05) is 18.2 Å². The third-order valence-electron chi connectivity index (χ3n) is 3.41. The van der Waals surface area contributed by atoms with Crippen molar-refractivity contribution >= 4 is 0 Å². The summed E-state index contributed by atoms with van der Waals surface area (Å²) in [4.78, 5) is 0. The first-order chi connectivity index (χ1) is 11.6. The zero-order chi connectivity index (χ0) is 17.4. The average molecular weight is 335 g/mol. The Hall–Kier alpha value is -2.31. The van der Waals surface area contributed by atoms with Gasteiger partial charge < -0.3 is 24.6 Å². The first-order valence-electron chi connectivity index (χ1n) is 7.60. The number of rotatable bonds is 9. The number of aliphatic hydroxyl groups excluding tert-OH is 1. The molecule has 0 heterocycles. The lowest BCUT2D eigenvalue weighted by atomic mass is 10.2. The maximum atomic E-state index is 12.8. The Bertz CT molecular complexity index is 633. The van der Waals surface area contributed by atoms with E-state index in [2.05, 4.69) is 5.32 Å². The van der Waals surface area contributed by atoms with Gasteiger partial charge in [-0.25, -0.2) is 4.39 Å². The molecule has 0 aliphatic carbocycles. The maximum Gasteiger partial charge on any atom is 0.161 e. The smallest absolute Gasteiger partial charge is 0.161 e. The Morgan fingerprint density at radius 1 is 1.04 bits per heavy atom. The minimum Gasteiger partial charge on any atom is -0.493 e. The van der Waals surface area contributed by atoms with Crippen molar-refractivity contribution in [3.05, 3.63) is 53.8 Å². The van der Waals surface area contributed by atoms with Crippen molar-refractivity contribution in [2.45, 2.75) is 12.6 Å². The van der Waals surface area contributed by atoms with Gasteiger partial charge >= 0.3 is 0 Å². The number of nitrogens with one attached hydrogen (secondary N) is 1. The molecule has 2 rings (SSSR count). The van der Waals surface area contributed by atoms with E-state index in [9.17, 15) is 9.50 Å².